The van der Waals surface area contributed by atoms with E-state index in [0.29, 0.717) is 6.54 Å². The van der Waals surface area contributed by atoms with E-state index >= 15 is 0 Å². The Balaban J connectivity index is 2.03. The number of nitrogens with two attached hydrogens (primary N) is 1. The molecule has 1 saturated carbocycles. The Kier molecular flexibility index (Phi) is 2.49. The highest BCUT2D eigenvalue weighted by molar-refractivity contribution is 7.13. The third-order valence-electron chi connectivity index (χ3n) is 3.47. The maximum Gasteiger partial charge on any atom is 0.136 e. The van der Waals surface area contributed by atoms with Crippen LogP contribution in [0.5, 0.6) is 0 Å². The number of nitrogens with zero attached hydrogens (tertiary/aromatic N) is 2. The van der Waals surface area contributed by atoms with E-state index in [1.807, 2.05) is 12.3 Å². The summed E-state index contributed by atoms with van der Waals surface area (Å²) in [5.74, 6) is 0.922. The summed E-state index contributed by atoms with van der Waals surface area (Å²) in [5, 5.41) is 2.10. The summed E-state index contributed by atoms with van der Waals surface area (Å²) >= 11 is 1.73. The lowest BCUT2D eigenvalue weighted by Gasteiger charge is -2.11. The summed E-state index contributed by atoms with van der Waals surface area (Å²) in [6, 6.07) is 4.10. The van der Waals surface area contributed by atoms with Crippen LogP contribution in [0.15, 0.2) is 23.7 Å². The van der Waals surface area contributed by atoms with Crippen LogP contribution < -0.4 is 5.73 Å². The number of hydrogen-bond acceptors (Lipinski definition) is 4. The molecule has 2 aromatic rings. The van der Waals surface area contributed by atoms with Crippen molar-refractivity contribution in [2.45, 2.75) is 25.2 Å². The number of thiophene rings is 1. The molecule has 1 fully saturated rings. The predicted octanol–water partition coefficient (Wildman–Crippen LogP) is 2.50. The Morgan fingerprint density at radius 3 is 2.82 bits per heavy atom. The van der Waals surface area contributed by atoms with Crippen molar-refractivity contribution in [3.63, 3.8) is 0 Å². The Bertz CT molecular complexity index is 543. The van der Waals surface area contributed by atoms with E-state index in [1.165, 1.54) is 10.4 Å². The quantitative estimate of drug-likeness (QED) is 0.904. The van der Waals surface area contributed by atoms with Gasteiger partial charge in [0.05, 0.1) is 10.6 Å². The van der Waals surface area contributed by atoms with E-state index in [-0.39, 0.29) is 5.41 Å². The first-order valence-electron chi connectivity index (χ1n) is 5.83. The zero-order valence-electron chi connectivity index (χ0n) is 9.81. The minimum absolute atomic E-state index is 0.0706. The van der Waals surface area contributed by atoms with Gasteiger partial charge in [0.15, 0.2) is 0 Å². The lowest BCUT2D eigenvalue weighted by Crippen LogP contribution is -2.22. The Labute approximate surface area is 105 Å². The number of hydrogen-bond donors (Lipinski definition) is 1. The number of rotatable bonds is 3. The lowest BCUT2D eigenvalue weighted by atomic mass is 10.1. The molecule has 2 heterocycles. The lowest BCUT2D eigenvalue weighted by molar-refractivity contribution is 0.649. The fourth-order valence-corrected chi connectivity index (χ4v) is 2.94. The van der Waals surface area contributed by atoms with Crippen molar-refractivity contribution in [2.24, 2.45) is 5.73 Å². The molecule has 3 nitrogen and oxygen atoms in total. The summed E-state index contributed by atoms with van der Waals surface area (Å²) in [5.41, 5.74) is 8.20. The second-order valence-electron chi connectivity index (χ2n) is 4.68. The second kappa shape index (κ2) is 3.89. The molecule has 0 unspecified atom stereocenters. The average Bonchev–Trinajstić information content (AvgIpc) is 3.06. The fraction of sp³-hybridized carbons (Fsp3) is 0.385. The van der Waals surface area contributed by atoms with Crippen LogP contribution in [0.4, 0.5) is 0 Å². The Hall–Kier alpha value is -1.26. The van der Waals surface area contributed by atoms with Crippen molar-refractivity contribution in [1.29, 1.82) is 0 Å². The standard InChI is InChI=1S/C13H15N3S/c1-9-3-7-17-11(9)10-2-6-15-12(16-10)13(8-14)4-5-13/h2-3,6-7H,4-5,8,14H2,1H3. The smallest absolute Gasteiger partial charge is 0.136 e. The van der Waals surface area contributed by atoms with Crippen molar-refractivity contribution in [3.05, 3.63) is 35.1 Å². The molecule has 4 heteroatoms. The maximum absolute atomic E-state index is 5.82. The van der Waals surface area contributed by atoms with Gasteiger partial charge in [0.25, 0.3) is 0 Å². The van der Waals surface area contributed by atoms with Crippen LogP contribution in [0.1, 0.15) is 24.2 Å². The zero-order valence-corrected chi connectivity index (χ0v) is 10.6. The topological polar surface area (TPSA) is 51.8 Å². The van der Waals surface area contributed by atoms with Crippen LogP contribution in [-0.4, -0.2) is 16.5 Å². The third-order valence-corrected chi connectivity index (χ3v) is 4.51. The molecular formula is C13H15N3S. The molecule has 0 saturated heterocycles. The van der Waals surface area contributed by atoms with E-state index in [0.717, 1.165) is 24.4 Å². The zero-order chi connectivity index (χ0) is 11.9. The van der Waals surface area contributed by atoms with Gasteiger partial charge >= 0.3 is 0 Å². The maximum atomic E-state index is 5.82. The van der Waals surface area contributed by atoms with E-state index < -0.39 is 0 Å². The van der Waals surface area contributed by atoms with Gasteiger partial charge in [-0.05, 0) is 42.8 Å². The first kappa shape index (κ1) is 10.9. The van der Waals surface area contributed by atoms with Gasteiger partial charge < -0.3 is 5.73 Å². The third kappa shape index (κ3) is 1.77. The van der Waals surface area contributed by atoms with Gasteiger partial charge in [0.2, 0.25) is 0 Å². The summed E-state index contributed by atoms with van der Waals surface area (Å²) < 4.78 is 0. The monoisotopic (exact) mass is 245 g/mol. The van der Waals surface area contributed by atoms with E-state index in [2.05, 4.69) is 23.4 Å². The summed E-state index contributed by atoms with van der Waals surface area (Å²) in [4.78, 5) is 10.3. The normalized spacial score (nSPS) is 17.1. The minimum Gasteiger partial charge on any atom is -0.329 e. The molecule has 1 aliphatic rings. The fourth-order valence-electron chi connectivity index (χ4n) is 2.05. The molecule has 0 radical (unpaired) electrons. The van der Waals surface area contributed by atoms with Crippen LogP contribution >= 0.6 is 11.3 Å². The van der Waals surface area contributed by atoms with Crippen LogP contribution in [0.25, 0.3) is 10.6 Å². The molecular weight excluding hydrogens is 230 g/mol. The van der Waals surface area contributed by atoms with Crippen molar-refractivity contribution in [3.8, 4) is 10.6 Å². The van der Waals surface area contributed by atoms with Crippen molar-refractivity contribution in [1.82, 2.24) is 9.97 Å². The van der Waals surface area contributed by atoms with Gasteiger partial charge in [0.1, 0.15) is 5.82 Å². The first-order valence-corrected chi connectivity index (χ1v) is 6.71. The molecule has 0 aliphatic heterocycles. The predicted molar refractivity (Wildman–Crippen MR) is 70.0 cm³/mol. The molecule has 17 heavy (non-hydrogen) atoms. The van der Waals surface area contributed by atoms with Crippen LogP contribution in [-0.2, 0) is 5.41 Å². The highest BCUT2D eigenvalue weighted by Crippen LogP contribution is 2.45. The molecule has 3 rings (SSSR count). The summed E-state index contributed by atoms with van der Waals surface area (Å²) in [7, 11) is 0. The average molecular weight is 245 g/mol. The SMILES string of the molecule is Cc1ccsc1-c1ccnc(C2(CN)CC2)n1. The molecule has 0 spiro atoms. The molecule has 0 bridgehead atoms. The molecule has 1 aliphatic carbocycles. The molecule has 0 atom stereocenters. The van der Waals surface area contributed by atoms with Crippen LogP contribution in [0, 0.1) is 6.92 Å². The van der Waals surface area contributed by atoms with Gasteiger partial charge in [-0.15, -0.1) is 11.3 Å². The van der Waals surface area contributed by atoms with E-state index in [1.54, 1.807) is 11.3 Å². The largest absolute Gasteiger partial charge is 0.329 e. The summed E-state index contributed by atoms with van der Waals surface area (Å²) in [6.45, 7) is 2.77. The van der Waals surface area contributed by atoms with Crippen LogP contribution in [0.3, 0.4) is 0 Å². The van der Waals surface area contributed by atoms with E-state index in [9.17, 15) is 0 Å². The van der Waals surface area contributed by atoms with Crippen molar-refractivity contribution >= 4 is 11.3 Å². The van der Waals surface area contributed by atoms with Gasteiger partial charge in [-0.3, -0.25) is 0 Å². The minimum atomic E-state index is 0.0706. The number of aromatic nitrogens is 2. The Morgan fingerprint density at radius 1 is 1.41 bits per heavy atom. The van der Waals surface area contributed by atoms with E-state index in [4.69, 9.17) is 10.7 Å². The van der Waals surface area contributed by atoms with Gasteiger partial charge in [-0.2, -0.15) is 0 Å². The molecule has 2 N–H and O–H groups in total. The van der Waals surface area contributed by atoms with Gasteiger partial charge in [-0.25, -0.2) is 9.97 Å². The highest BCUT2D eigenvalue weighted by Gasteiger charge is 2.45. The molecule has 0 aromatic carbocycles. The van der Waals surface area contributed by atoms with Crippen molar-refractivity contribution in [2.75, 3.05) is 6.54 Å². The van der Waals surface area contributed by atoms with Crippen LogP contribution in [0.2, 0.25) is 0 Å². The molecule has 88 valence electrons. The van der Waals surface area contributed by atoms with Gasteiger partial charge in [-0.1, -0.05) is 0 Å². The molecule has 0 amide bonds. The number of aryl methyl sites for hydroxylation is 1. The second-order valence-corrected chi connectivity index (χ2v) is 5.60. The highest BCUT2D eigenvalue weighted by atomic mass is 32.1. The molecule has 2 aromatic heterocycles. The summed E-state index contributed by atoms with van der Waals surface area (Å²) in [6.07, 6.45) is 4.10. The Morgan fingerprint density at radius 2 is 2.24 bits per heavy atom. The van der Waals surface area contributed by atoms with Crippen molar-refractivity contribution < 1.29 is 0 Å². The van der Waals surface area contributed by atoms with Gasteiger partial charge in [0, 0.05) is 18.2 Å². The first-order chi connectivity index (χ1) is 8.25.